The smallest absolute Gasteiger partial charge is 0.190 e. The molecule has 0 saturated heterocycles. The van der Waals surface area contributed by atoms with Crippen LogP contribution in [0.3, 0.4) is 0 Å². The molecule has 0 bridgehead atoms. The molecule has 5 nitrogen and oxygen atoms in total. The molecule has 0 amide bonds. The summed E-state index contributed by atoms with van der Waals surface area (Å²) in [6, 6.07) is 0. The van der Waals surface area contributed by atoms with Crippen molar-refractivity contribution in [1.29, 1.82) is 0 Å². The summed E-state index contributed by atoms with van der Waals surface area (Å²) in [5.74, 6) is -0.380. The van der Waals surface area contributed by atoms with Gasteiger partial charge in [-0.05, 0) is 36.0 Å². The maximum Gasteiger partial charge on any atom is 0.190 e. The average Bonchev–Trinajstić information content (AvgIpc) is 2.72. The number of rotatable bonds is 4. The molecule has 0 aliphatic carbocycles. The summed E-state index contributed by atoms with van der Waals surface area (Å²) in [5.41, 5.74) is 2.06. The van der Waals surface area contributed by atoms with E-state index in [1.807, 2.05) is 27.2 Å². The molecule has 0 aliphatic rings. The Morgan fingerprint density at radius 1 is 1.40 bits per heavy atom. The van der Waals surface area contributed by atoms with Gasteiger partial charge in [-0.2, -0.15) is 0 Å². The first-order valence-corrected chi connectivity index (χ1v) is 8.06. The van der Waals surface area contributed by atoms with Crippen molar-refractivity contribution < 1.29 is 4.79 Å². The van der Waals surface area contributed by atoms with Crippen LogP contribution >= 0.6 is 27.7 Å². The lowest BCUT2D eigenvalue weighted by molar-refractivity contribution is 0.0955. The molecule has 7 heteroatoms. The largest absolute Gasteiger partial charge is 0.319 e. The molecule has 0 radical (unpaired) electrons. The molecule has 0 N–H and O–H groups in total. The van der Waals surface area contributed by atoms with Crippen molar-refractivity contribution in [3.63, 3.8) is 0 Å². The third-order valence-electron chi connectivity index (χ3n) is 3.07. The third-order valence-corrected chi connectivity index (χ3v) is 4.35. The van der Waals surface area contributed by atoms with Crippen LogP contribution in [-0.4, -0.2) is 31.6 Å². The SMILES string of the molecule is CSc1nc(Br)c(C(=O)C(C)c2cnc(C)cn2)n1C. The molecule has 1 unspecified atom stereocenters. The van der Waals surface area contributed by atoms with E-state index in [2.05, 4.69) is 30.9 Å². The quantitative estimate of drug-likeness (QED) is 0.623. The highest BCUT2D eigenvalue weighted by atomic mass is 79.9. The van der Waals surface area contributed by atoms with Crippen molar-refractivity contribution in [1.82, 2.24) is 19.5 Å². The monoisotopic (exact) mass is 354 g/mol. The zero-order chi connectivity index (χ0) is 14.9. The topological polar surface area (TPSA) is 60.7 Å². The minimum atomic E-state index is -0.357. The first-order chi connectivity index (χ1) is 9.45. The molecule has 2 aromatic heterocycles. The number of aryl methyl sites for hydroxylation is 1. The Labute approximate surface area is 130 Å². The van der Waals surface area contributed by atoms with Gasteiger partial charge in [0.2, 0.25) is 0 Å². The highest BCUT2D eigenvalue weighted by molar-refractivity contribution is 9.10. The van der Waals surface area contributed by atoms with Gasteiger partial charge in [-0.25, -0.2) is 4.98 Å². The van der Waals surface area contributed by atoms with Crippen molar-refractivity contribution in [3.05, 3.63) is 34.1 Å². The van der Waals surface area contributed by atoms with Crippen LogP contribution in [0.15, 0.2) is 22.2 Å². The molecular weight excluding hydrogens is 340 g/mol. The van der Waals surface area contributed by atoms with Crippen LogP contribution in [0.25, 0.3) is 0 Å². The van der Waals surface area contributed by atoms with Crippen LogP contribution in [-0.2, 0) is 7.05 Å². The second-order valence-corrected chi connectivity index (χ2v) is 5.99. The lowest BCUT2D eigenvalue weighted by Gasteiger charge is -2.11. The van der Waals surface area contributed by atoms with Crippen molar-refractivity contribution in [3.8, 4) is 0 Å². The van der Waals surface area contributed by atoms with Gasteiger partial charge in [0.25, 0.3) is 0 Å². The third kappa shape index (κ3) is 2.78. The summed E-state index contributed by atoms with van der Waals surface area (Å²) in [4.78, 5) is 25.4. The first kappa shape index (κ1) is 15.2. The van der Waals surface area contributed by atoms with Crippen LogP contribution in [0.2, 0.25) is 0 Å². The Bertz CT molecular complexity index is 639. The Kier molecular flexibility index (Phi) is 4.59. The zero-order valence-electron chi connectivity index (χ0n) is 11.7. The molecule has 2 rings (SSSR count). The number of Topliss-reactive ketones (excluding diaryl/α,β-unsaturated/α-hetero) is 1. The standard InChI is InChI=1S/C13H15BrN4OS/c1-7-5-16-9(6-15-7)8(2)11(19)10-12(14)17-13(20-4)18(10)3/h5-6,8H,1-4H3. The lowest BCUT2D eigenvalue weighted by Crippen LogP contribution is -2.15. The summed E-state index contributed by atoms with van der Waals surface area (Å²) >= 11 is 4.86. The number of carbonyl (C=O) groups excluding carboxylic acids is 1. The van der Waals surface area contributed by atoms with E-state index in [0.29, 0.717) is 16.0 Å². The number of hydrogen-bond donors (Lipinski definition) is 0. The zero-order valence-corrected chi connectivity index (χ0v) is 14.1. The van der Waals surface area contributed by atoms with Crippen molar-refractivity contribution in [2.45, 2.75) is 24.9 Å². The van der Waals surface area contributed by atoms with Gasteiger partial charge in [0, 0.05) is 19.4 Å². The maximum absolute atomic E-state index is 12.6. The summed E-state index contributed by atoms with van der Waals surface area (Å²) in [5, 5.41) is 0.794. The first-order valence-electron chi connectivity index (χ1n) is 6.04. The number of aromatic nitrogens is 4. The van der Waals surface area contributed by atoms with E-state index in [4.69, 9.17) is 0 Å². The van der Waals surface area contributed by atoms with E-state index >= 15 is 0 Å². The summed E-state index contributed by atoms with van der Waals surface area (Å²) < 4.78 is 2.37. The van der Waals surface area contributed by atoms with Gasteiger partial charge >= 0.3 is 0 Å². The predicted molar refractivity (Wildman–Crippen MR) is 82.2 cm³/mol. The Morgan fingerprint density at radius 3 is 2.60 bits per heavy atom. The highest BCUT2D eigenvalue weighted by Gasteiger charge is 2.25. The van der Waals surface area contributed by atoms with Crippen LogP contribution in [0.5, 0.6) is 0 Å². The summed E-state index contributed by atoms with van der Waals surface area (Å²) in [6.45, 7) is 3.70. The minimum Gasteiger partial charge on any atom is -0.319 e. The molecule has 2 aromatic rings. The van der Waals surface area contributed by atoms with Gasteiger partial charge in [-0.15, -0.1) is 0 Å². The second-order valence-electron chi connectivity index (χ2n) is 4.47. The summed E-state index contributed by atoms with van der Waals surface area (Å²) in [6.07, 6.45) is 5.25. The van der Waals surface area contributed by atoms with Gasteiger partial charge < -0.3 is 4.57 Å². The molecule has 1 atom stereocenters. The maximum atomic E-state index is 12.6. The van der Waals surface area contributed by atoms with Gasteiger partial charge in [0.1, 0.15) is 10.3 Å². The number of halogens is 1. The molecular formula is C13H15BrN4OS. The molecule has 0 fully saturated rings. The van der Waals surface area contributed by atoms with Gasteiger partial charge in [-0.3, -0.25) is 14.8 Å². The highest BCUT2D eigenvalue weighted by Crippen LogP contribution is 2.27. The normalized spacial score (nSPS) is 12.4. The Balaban J connectivity index is 2.36. The molecule has 0 spiro atoms. The van der Waals surface area contributed by atoms with Crippen LogP contribution < -0.4 is 0 Å². The van der Waals surface area contributed by atoms with E-state index in [9.17, 15) is 4.79 Å². The Morgan fingerprint density at radius 2 is 2.10 bits per heavy atom. The Hall–Kier alpha value is -1.21. The fourth-order valence-corrected chi connectivity index (χ4v) is 3.16. The van der Waals surface area contributed by atoms with Crippen molar-refractivity contribution in [2.24, 2.45) is 7.05 Å². The average molecular weight is 355 g/mol. The van der Waals surface area contributed by atoms with Gasteiger partial charge in [0.05, 0.1) is 17.3 Å². The number of thioether (sulfide) groups is 1. The van der Waals surface area contributed by atoms with Crippen molar-refractivity contribution in [2.75, 3.05) is 6.26 Å². The number of ketones is 1. The van der Waals surface area contributed by atoms with E-state index in [1.165, 1.54) is 11.8 Å². The number of nitrogens with zero attached hydrogens (tertiary/aromatic N) is 4. The van der Waals surface area contributed by atoms with Crippen LogP contribution in [0, 0.1) is 6.92 Å². The van der Waals surface area contributed by atoms with Crippen LogP contribution in [0.1, 0.15) is 34.7 Å². The van der Waals surface area contributed by atoms with Crippen molar-refractivity contribution >= 4 is 33.5 Å². The molecule has 2 heterocycles. The van der Waals surface area contributed by atoms with E-state index in [-0.39, 0.29) is 11.7 Å². The minimum absolute atomic E-state index is 0.0228. The molecule has 106 valence electrons. The van der Waals surface area contributed by atoms with Gasteiger partial charge in [0.15, 0.2) is 10.9 Å². The van der Waals surface area contributed by atoms with E-state index < -0.39 is 0 Å². The second kappa shape index (κ2) is 6.05. The fourth-order valence-electron chi connectivity index (χ4n) is 1.86. The summed E-state index contributed by atoms with van der Waals surface area (Å²) in [7, 11) is 1.84. The fraction of sp³-hybridized carbons (Fsp3) is 0.385. The number of hydrogen-bond acceptors (Lipinski definition) is 5. The molecule has 0 saturated carbocycles. The van der Waals surface area contributed by atoms with E-state index in [0.717, 1.165) is 10.9 Å². The molecule has 20 heavy (non-hydrogen) atoms. The van der Waals surface area contributed by atoms with Gasteiger partial charge in [-0.1, -0.05) is 11.8 Å². The number of carbonyl (C=O) groups is 1. The van der Waals surface area contributed by atoms with E-state index in [1.54, 1.807) is 17.0 Å². The lowest BCUT2D eigenvalue weighted by atomic mass is 10.0. The molecule has 0 aromatic carbocycles. The number of imidazole rings is 1. The van der Waals surface area contributed by atoms with Crippen LogP contribution in [0.4, 0.5) is 0 Å². The predicted octanol–water partition coefficient (Wildman–Crippen LogP) is 2.99. The molecule has 0 aliphatic heterocycles.